The fraction of sp³-hybridized carbons (Fsp3) is 0.625. The van der Waals surface area contributed by atoms with Crippen molar-refractivity contribution in [1.29, 1.82) is 0 Å². The zero-order valence-electron chi connectivity index (χ0n) is 7.72. The van der Waals surface area contributed by atoms with Gasteiger partial charge in [-0.2, -0.15) is 0 Å². The summed E-state index contributed by atoms with van der Waals surface area (Å²) in [5.41, 5.74) is 2.59. The average molecular weight is 168 g/mol. The van der Waals surface area contributed by atoms with Crippen molar-refractivity contribution in [2.75, 3.05) is 27.7 Å². The van der Waals surface area contributed by atoms with Crippen LogP contribution in [0.5, 0.6) is 0 Å². The number of carbonyl (C=O) groups is 1. The number of amides is 2. The fourth-order valence-electron chi connectivity index (χ4n) is 1.56. The molecule has 0 fully saturated rings. The lowest BCUT2D eigenvalue weighted by Gasteiger charge is -2.35. The highest BCUT2D eigenvalue weighted by molar-refractivity contribution is 5.79. The summed E-state index contributed by atoms with van der Waals surface area (Å²) in [4.78, 5) is 11.4. The molecule has 1 N–H and O–H groups in total. The Kier molecular flexibility index (Phi) is 1.28. The van der Waals surface area contributed by atoms with Crippen molar-refractivity contribution in [3.05, 3.63) is 11.3 Å². The second-order valence-corrected chi connectivity index (χ2v) is 4.14. The SMILES string of the molecule is C[N+](C)(C)N1C(=O)NCC2=C1C2. The molecule has 4 heteroatoms. The van der Waals surface area contributed by atoms with Crippen LogP contribution in [-0.2, 0) is 0 Å². The van der Waals surface area contributed by atoms with Crippen LogP contribution < -0.4 is 5.32 Å². The lowest BCUT2D eigenvalue weighted by molar-refractivity contribution is -0.966. The maximum Gasteiger partial charge on any atom is 0.366 e. The molecule has 0 aromatic rings. The molecule has 2 rings (SSSR count). The van der Waals surface area contributed by atoms with Gasteiger partial charge in [-0.15, -0.1) is 5.01 Å². The van der Waals surface area contributed by atoms with E-state index in [0.717, 1.165) is 13.0 Å². The van der Waals surface area contributed by atoms with Crippen LogP contribution in [0.25, 0.3) is 0 Å². The monoisotopic (exact) mass is 168 g/mol. The molecule has 0 aromatic heterocycles. The largest absolute Gasteiger partial charge is 0.366 e. The van der Waals surface area contributed by atoms with Gasteiger partial charge in [-0.05, 0) is 5.57 Å². The highest BCUT2D eigenvalue weighted by Gasteiger charge is 2.43. The second kappa shape index (κ2) is 2.01. The van der Waals surface area contributed by atoms with Crippen molar-refractivity contribution in [2.24, 2.45) is 0 Å². The number of nitrogens with zero attached hydrogens (tertiary/aromatic N) is 2. The van der Waals surface area contributed by atoms with E-state index in [-0.39, 0.29) is 6.03 Å². The highest BCUT2D eigenvalue weighted by Crippen LogP contribution is 2.37. The zero-order valence-corrected chi connectivity index (χ0v) is 7.72. The molecule has 0 radical (unpaired) electrons. The minimum Gasteiger partial charge on any atom is -0.330 e. The van der Waals surface area contributed by atoms with E-state index >= 15 is 0 Å². The molecule has 66 valence electrons. The van der Waals surface area contributed by atoms with Crippen LogP contribution in [0.1, 0.15) is 6.42 Å². The summed E-state index contributed by atoms with van der Waals surface area (Å²) in [6.45, 7) is 0.755. The zero-order chi connectivity index (χ0) is 8.93. The number of hydrogen-bond acceptors (Lipinski definition) is 1. The Morgan fingerprint density at radius 3 is 2.58 bits per heavy atom. The Morgan fingerprint density at radius 2 is 2.08 bits per heavy atom. The number of quaternary nitrogens is 1. The summed E-state index contributed by atoms with van der Waals surface area (Å²) in [5.74, 6) is 0. The van der Waals surface area contributed by atoms with Gasteiger partial charge in [0.1, 0.15) is 0 Å². The maximum atomic E-state index is 11.4. The molecule has 2 amide bonds. The van der Waals surface area contributed by atoms with Gasteiger partial charge in [-0.3, -0.25) is 0 Å². The summed E-state index contributed by atoms with van der Waals surface area (Å²) in [7, 11) is 5.98. The fourth-order valence-corrected chi connectivity index (χ4v) is 1.56. The van der Waals surface area contributed by atoms with Crippen molar-refractivity contribution in [3.8, 4) is 0 Å². The van der Waals surface area contributed by atoms with Gasteiger partial charge in [0.2, 0.25) is 0 Å². The number of nitrogens with one attached hydrogen (secondary N) is 1. The molecule has 2 aliphatic rings. The first kappa shape index (κ1) is 7.61. The molecule has 0 bridgehead atoms. The van der Waals surface area contributed by atoms with Gasteiger partial charge in [-0.25, -0.2) is 9.39 Å². The number of hydrogen-bond donors (Lipinski definition) is 1. The van der Waals surface area contributed by atoms with Gasteiger partial charge in [0.15, 0.2) is 0 Å². The van der Waals surface area contributed by atoms with Crippen molar-refractivity contribution >= 4 is 6.03 Å². The van der Waals surface area contributed by atoms with Crippen LogP contribution in [0.2, 0.25) is 0 Å². The van der Waals surface area contributed by atoms with Crippen molar-refractivity contribution < 1.29 is 9.39 Å². The molecule has 1 aliphatic carbocycles. The highest BCUT2D eigenvalue weighted by atomic mass is 16.2. The van der Waals surface area contributed by atoms with Crippen LogP contribution in [-0.4, -0.2) is 43.3 Å². The molecule has 0 spiro atoms. The van der Waals surface area contributed by atoms with E-state index in [2.05, 4.69) is 5.32 Å². The van der Waals surface area contributed by atoms with Crippen LogP contribution >= 0.6 is 0 Å². The molecule has 0 atom stereocenters. The minimum atomic E-state index is 0.0266. The Hall–Kier alpha value is -1.03. The van der Waals surface area contributed by atoms with E-state index in [1.54, 1.807) is 5.01 Å². The molecule has 0 aromatic carbocycles. The van der Waals surface area contributed by atoms with Crippen molar-refractivity contribution in [1.82, 2.24) is 10.3 Å². The van der Waals surface area contributed by atoms with Gasteiger partial charge in [-0.1, -0.05) is 0 Å². The van der Waals surface area contributed by atoms with Gasteiger partial charge in [0, 0.05) is 13.0 Å². The third-order valence-electron chi connectivity index (χ3n) is 2.16. The Morgan fingerprint density at radius 1 is 1.42 bits per heavy atom. The third kappa shape index (κ3) is 0.992. The summed E-state index contributed by atoms with van der Waals surface area (Å²) in [5, 5.41) is 4.65. The first-order chi connectivity index (χ1) is 5.50. The molecule has 0 unspecified atom stereocenters. The van der Waals surface area contributed by atoms with Crippen LogP contribution in [0.3, 0.4) is 0 Å². The number of rotatable bonds is 1. The number of urea groups is 1. The third-order valence-corrected chi connectivity index (χ3v) is 2.16. The number of allylic oxidation sites excluding steroid dienone is 1. The number of carbonyl (C=O) groups excluding carboxylic acids is 1. The van der Waals surface area contributed by atoms with Gasteiger partial charge in [0.05, 0.1) is 26.8 Å². The maximum absolute atomic E-state index is 11.4. The molecule has 12 heavy (non-hydrogen) atoms. The van der Waals surface area contributed by atoms with Gasteiger partial charge < -0.3 is 5.32 Å². The predicted molar refractivity (Wildman–Crippen MR) is 44.9 cm³/mol. The van der Waals surface area contributed by atoms with Crippen LogP contribution in [0, 0.1) is 0 Å². The quantitative estimate of drug-likeness (QED) is 0.561. The minimum absolute atomic E-state index is 0.0266. The summed E-state index contributed by atoms with van der Waals surface area (Å²) in [6.07, 6.45) is 1.01. The molecular formula is C8H14N3O+. The van der Waals surface area contributed by atoms with E-state index in [0.29, 0.717) is 4.59 Å². The van der Waals surface area contributed by atoms with Crippen molar-refractivity contribution in [2.45, 2.75) is 6.42 Å². The van der Waals surface area contributed by atoms with Gasteiger partial charge in [0.25, 0.3) is 0 Å². The predicted octanol–water partition coefficient (Wildman–Crippen LogP) is 0.291. The Bertz CT molecular complexity index is 275. The molecule has 0 saturated carbocycles. The molecule has 0 saturated heterocycles. The summed E-state index contributed by atoms with van der Waals surface area (Å²) < 4.78 is 0.546. The molecule has 1 aliphatic heterocycles. The second-order valence-electron chi connectivity index (χ2n) is 4.14. The Labute approximate surface area is 72.0 Å². The molecule has 1 heterocycles. The van der Waals surface area contributed by atoms with Crippen molar-refractivity contribution in [3.63, 3.8) is 0 Å². The normalized spacial score (nSPS) is 22.2. The average Bonchev–Trinajstić information content (AvgIpc) is 2.61. The Balaban J connectivity index is 2.28. The van der Waals surface area contributed by atoms with Crippen LogP contribution in [0.4, 0.5) is 4.79 Å². The topological polar surface area (TPSA) is 32.3 Å². The van der Waals surface area contributed by atoms with E-state index in [9.17, 15) is 4.79 Å². The smallest absolute Gasteiger partial charge is 0.330 e. The summed E-state index contributed by atoms with van der Waals surface area (Å²) >= 11 is 0. The first-order valence-corrected chi connectivity index (χ1v) is 4.11. The lowest BCUT2D eigenvalue weighted by Crippen LogP contribution is -2.56. The molecule has 4 nitrogen and oxygen atoms in total. The van der Waals surface area contributed by atoms with E-state index < -0.39 is 0 Å². The van der Waals surface area contributed by atoms with E-state index in [4.69, 9.17) is 0 Å². The summed E-state index contributed by atoms with van der Waals surface area (Å²) in [6, 6.07) is 0.0266. The molecular weight excluding hydrogens is 154 g/mol. The van der Waals surface area contributed by atoms with Gasteiger partial charge >= 0.3 is 6.03 Å². The standard InChI is InChI=1S/C8H13N3O/c1-11(2,3)10-7-4-6(7)5-9-8(10)12/h4-5H2,1-3H3/p+1. The van der Waals surface area contributed by atoms with E-state index in [1.165, 1.54) is 11.3 Å². The first-order valence-electron chi connectivity index (χ1n) is 4.11. The lowest BCUT2D eigenvalue weighted by atomic mass is 10.5. The van der Waals surface area contributed by atoms with Crippen LogP contribution in [0.15, 0.2) is 11.3 Å². The van der Waals surface area contributed by atoms with E-state index in [1.807, 2.05) is 21.1 Å².